The summed E-state index contributed by atoms with van der Waals surface area (Å²) in [5, 5.41) is 4.08. The van der Waals surface area contributed by atoms with Crippen molar-refractivity contribution in [1.82, 2.24) is 10.2 Å². The quantitative estimate of drug-likeness (QED) is 0.894. The van der Waals surface area contributed by atoms with Crippen molar-refractivity contribution < 1.29 is 4.79 Å². The molecule has 5 heteroatoms. The predicted molar refractivity (Wildman–Crippen MR) is 84.1 cm³/mol. The molecular formula is C16H22ClN3O. The molecule has 1 heterocycles. The summed E-state index contributed by atoms with van der Waals surface area (Å²) in [6.07, 6.45) is 2.76. The molecule has 0 aromatic heterocycles. The highest BCUT2D eigenvalue weighted by atomic mass is 35.5. The third kappa shape index (κ3) is 3.23. The molecule has 0 bridgehead atoms. The SMILES string of the molecule is NCC1(CC(=O)N2CCNCC2c2cccc(Cl)c2)CC1. The first-order chi connectivity index (χ1) is 10.1. The van der Waals surface area contributed by atoms with E-state index in [9.17, 15) is 4.79 Å². The molecule has 114 valence electrons. The van der Waals surface area contributed by atoms with Gasteiger partial charge in [0, 0.05) is 31.1 Å². The summed E-state index contributed by atoms with van der Waals surface area (Å²) in [6, 6.07) is 7.87. The number of benzene rings is 1. The van der Waals surface area contributed by atoms with Crippen LogP contribution in [0.5, 0.6) is 0 Å². The summed E-state index contributed by atoms with van der Waals surface area (Å²) in [6.45, 7) is 2.99. The molecule has 1 aromatic carbocycles. The Morgan fingerprint density at radius 3 is 2.95 bits per heavy atom. The Morgan fingerprint density at radius 1 is 1.48 bits per heavy atom. The first kappa shape index (κ1) is 14.8. The van der Waals surface area contributed by atoms with E-state index in [2.05, 4.69) is 5.32 Å². The summed E-state index contributed by atoms with van der Waals surface area (Å²) in [4.78, 5) is 14.7. The van der Waals surface area contributed by atoms with Gasteiger partial charge in [0.25, 0.3) is 0 Å². The van der Waals surface area contributed by atoms with E-state index in [1.807, 2.05) is 29.2 Å². The highest BCUT2D eigenvalue weighted by molar-refractivity contribution is 6.30. The summed E-state index contributed by atoms with van der Waals surface area (Å²) >= 11 is 6.09. The second-order valence-corrected chi connectivity index (χ2v) is 6.68. The Hall–Kier alpha value is -1.10. The van der Waals surface area contributed by atoms with E-state index in [1.165, 1.54) is 0 Å². The molecule has 2 fully saturated rings. The van der Waals surface area contributed by atoms with Crippen LogP contribution in [-0.4, -0.2) is 37.0 Å². The van der Waals surface area contributed by atoms with E-state index >= 15 is 0 Å². The fourth-order valence-electron chi connectivity index (χ4n) is 3.07. The third-order valence-electron chi connectivity index (χ3n) is 4.71. The highest BCUT2D eigenvalue weighted by Gasteiger charge is 2.44. The number of hydrogen-bond acceptors (Lipinski definition) is 3. The minimum atomic E-state index is 0.0681. The zero-order valence-electron chi connectivity index (χ0n) is 12.1. The molecule has 4 nitrogen and oxygen atoms in total. The molecule has 0 radical (unpaired) electrons. The van der Waals surface area contributed by atoms with Crippen molar-refractivity contribution >= 4 is 17.5 Å². The smallest absolute Gasteiger partial charge is 0.223 e. The van der Waals surface area contributed by atoms with E-state index in [-0.39, 0.29) is 17.4 Å². The fourth-order valence-corrected chi connectivity index (χ4v) is 3.27. The molecule has 2 aliphatic rings. The zero-order valence-corrected chi connectivity index (χ0v) is 12.9. The molecular weight excluding hydrogens is 286 g/mol. The van der Waals surface area contributed by atoms with Crippen LogP contribution in [0.25, 0.3) is 0 Å². The number of hydrogen-bond donors (Lipinski definition) is 2. The van der Waals surface area contributed by atoms with Crippen LogP contribution in [-0.2, 0) is 4.79 Å². The molecule has 1 aromatic rings. The van der Waals surface area contributed by atoms with Gasteiger partial charge < -0.3 is 16.0 Å². The minimum absolute atomic E-state index is 0.0681. The number of nitrogens with zero attached hydrogens (tertiary/aromatic N) is 1. The number of amides is 1. The van der Waals surface area contributed by atoms with Crippen molar-refractivity contribution in [3.05, 3.63) is 34.9 Å². The van der Waals surface area contributed by atoms with Gasteiger partial charge in [-0.15, -0.1) is 0 Å². The Kier molecular flexibility index (Phi) is 4.20. The lowest BCUT2D eigenvalue weighted by molar-refractivity contribution is -0.135. The van der Waals surface area contributed by atoms with Gasteiger partial charge in [-0.3, -0.25) is 4.79 Å². The largest absolute Gasteiger partial charge is 0.333 e. The highest BCUT2D eigenvalue weighted by Crippen LogP contribution is 2.48. The summed E-state index contributed by atoms with van der Waals surface area (Å²) in [7, 11) is 0. The maximum absolute atomic E-state index is 12.7. The summed E-state index contributed by atoms with van der Waals surface area (Å²) < 4.78 is 0. The van der Waals surface area contributed by atoms with Crippen molar-refractivity contribution in [2.45, 2.75) is 25.3 Å². The molecule has 3 rings (SSSR count). The van der Waals surface area contributed by atoms with Crippen molar-refractivity contribution in [1.29, 1.82) is 0 Å². The van der Waals surface area contributed by atoms with Crippen molar-refractivity contribution in [2.75, 3.05) is 26.2 Å². The molecule has 1 atom stereocenters. The molecule has 1 aliphatic carbocycles. The lowest BCUT2D eigenvalue weighted by atomic mass is 9.98. The monoisotopic (exact) mass is 307 g/mol. The average Bonchev–Trinajstić information content (AvgIpc) is 3.27. The van der Waals surface area contributed by atoms with Crippen molar-refractivity contribution in [3.63, 3.8) is 0 Å². The fraction of sp³-hybridized carbons (Fsp3) is 0.562. The standard InChI is InChI=1S/C16H22ClN3O/c17-13-3-1-2-12(8-13)14-10-19-6-7-20(14)15(21)9-16(11-18)4-5-16/h1-3,8,14,19H,4-7,9-11,18H2. The van der Waals surface area contributed by atoms with Crippen LogP contribution in [0.3, 0.4) is 0 Å². The molecule has 3 N–H and O–H groups in total. The number of piperazine rings is 1. The Morgan fingerprint density at radius 2 is 2.29 bits per heavy atom. The third-order valence-corrected chi connectivity index (χ3v) is 4.95. The number of nitrogens with two attached hydrogens (primary N) is 1. The van der Waals surface area contributed by atoms with E-state index in [1.54, 1.807) is 0 Å². The topological polar surface area (TPSA) is 58.4 Å². The number of carbonyl (C=O) groups is 1. The minimum Gasteiger partial charge on any atom is -0.333 e. The Balaban J connectivity index is 1.76. The number of carbonyl (C=O) groups excluding carboxylic acids is 1. The lowest BCUT2D eigenvalue weighted by Gasteiger charge is -2.37. The number of rotatable bonds is 4. The van der Waals surface area contributed by atoms with Gasteiger partial charge in [-0.1, -0.05) is 23.7 Å². The van der Waals surface area contributed by atoms with E-state index in [0.29, 0.717) is 18.0 Å². The normalized spacial score (nSPS) is 23.9. The molecule has 1 aliphatic heterocycles. The lowest BCUT2D eigenvalue weighted by Crippen LogP contribution is -2.49. The van der Waals surface area contributed by atoms with E-state index in [4.69, 9.17) is 17.3 Å². The molecule has 0 spiro atoms. The van der Waals surface area contributed by atoms with Crippen LogP contribution in [0.4, 0.5) is 0 Å². The maximum Gasteiger partial charge on any atom is 0.223 e. The van der Waals surface area contributed by atoms with Crippen LogP contribution in [0.2, 0.25) is 5.02 Å². The van der Waals surface area contributed by atoms with Crippen molar-refractivity contribution in [2.24, 2.45) is 11.1 Å². The Labute approximate surface area is 130 Å². The molecule has 21 heavy (non-hydrogen) atoms. The van der Waals surface area contributed by atoms with E-state index in [0.717, 1.165) is 38.0 Å². The van der Waals surface area contributed by atoms with Crippen LogP contribution in [0, 0.1) is 5.41 Å². The number of nitrogens with one attached hydrogen (secondary N) is 1. The summed E-state index contributed by atoms with van der Waals surface area (Å²) in [5.41, 5.74) is 6.99. The second-order valence-electron chi connectivity index (χ2n) is 6.24. The molecule has 1 saturated heterocycles. The van der Waals surface area contributed by atoms with Gasteiger partial charge in [-0.25, -0.2) is 0 Å². The zero-order chi connectivity index (χ0) is 14.9. The van der Waals surface area contributed by atoms with Gasteiger partial charge in [-0.05, 0) is 42.5 Å². The first-order valence-electron chi connectivity index (χ1n) is 7.59. The van der Waals surface area contributed by atoms with E-state index < -0.39 is 0 Å². The van der Waals surface area contributed by atoms with Crippen molar-refractivity contribution in [3.8, 4) is 0 Å². The van der Waals surface area contributed by atoms with Crippen LogP contribution >= 0.6 is 11.6 Å². The molecule has 1 amide bonds. The van der Waals surface area contributed by atoms with Gasteiger partial charge in [0.1, 0.15) is 0 Å². The van der Waals surface area contributed by atoms with Gasteiger partial charge in [-0.2, -0.15) is 0 Å². The summed E-state index contributed by atoms with van der Waals surface area (Å²) in [5.74, 6) is 0.226. The van der Waals surface area contributed by atoms with Gasteiger partial charge in [0.15, 0.2) is 0 Å². The van der Waals surface area contributed by atoms with Crippen LogP contribution < -0.4 is 11.1 Å². The second kappa shape index (κ2) is 5.95. The van der Waals surface area contributed by atoms with Gasteiger partial charge in [0.2, 0.25) is 5.91 Å². The predicted octanol–water partition coefficient (Wildman–Crippen LogP) is 1.94. The van der Waals surface area contributed by atoms with Crippen LogP contribution in [0.1, 0.15) is 30.9 Å². The first-order valence-corrected chi connectivity index (χ1v) is 7.97. The molecule has 1 unspecified atom stereocenters. The molecule has 1 saturated carbocycles. The van der Waals surface area contributed by atoms with Gasteiger partial charge in [0.05, 0.1) is 6.04 Å². The average molecular weight is 308 g/mol. The number of halogens is 1. The van der Waals surface area contributed by atoms with Crippen LogP contribution in [0.15, 0.2) is 24.3 Å². The Bertz CT molecular complexity index is 530. The van der Waals surface area contributed by atoms with Gasteiger partial charge >= 0.3 is 0 Å². The maximum atomic E-state index is 12.7.